The zero-order chi connectivity index (χ0) is 22.1. The molecule has 0 aliphatic carbocycles. The molecule has 0 saturated carbocycles. The van der Waals surface area contributed by atoms with Gasteiger partial charge in [-0.2, -0.15) is 0 Å². The number of carbonyl (C=O) groups excluding carboxylic acids is 3. The molecule has 2 aromatic rings. The summed E-state index contributed by atoms with van der Waals surface area (Å²) in [4.78, 5) is 39.5. The smallest absolute Gasteiger partial charge is 0.261 e. The molecule has 1 unspecified atom stereocenters. The Morgan fingerprint density at radius 1 is 1.13 bits per heavy atom. The minimum Gasteiger partial charge on any atom is -0.495 e. The molecule has 1 saturated heterocycles. The molecule has 162 valence electrons. The fourth-order valence-corrected chi connectivity index (χ4v) is 3.97. The van der Waals surface area contributed by atoms with Crippen LogP contribution in [0, 0.1) is 0 Å². The van der Waals surface area contributed by atoms with E-state index in [9.17, 15) is 14.4 Å². The first-order valence-electron chi connectivity index (χ1n) is 9.77. The predicted octanol–water partition coefficient (Wildman–Crippen LogP) is 3.38. The second-order valence-electron chi connectivity index (χ2n) is 7.26. The van der Waals surface area contributed by atoms with Gasteiger partial charge in [0, 0.05) is 24.3 Å². The largest absolute Gasteiger partial charge is 0.495 e. The van der Waals surface area contributed by atoms with Crippen molar-refractivity contribution in [2.75, 3.05) is 32.7 Å². The van der Waals surface area contributed by atoms with Crippen LogP contribution in [0.1, 0.15) is 43.9 Å². The van der Waals surface area contributed by atoms with Gasteiger partial charge in [0.25, 0.3) is 17.7 Å². The number of carbonyl (C=O) groups is 3. The van der Waals surface area contributed by atoms with Crippen LogP contribution in [0.2, 0.25) is 5.02 Å². The van der Waals surface area contributed by atoms with Crippen LogP contribution in [0.15, 0.2) is 30.3 Å². The first-order valence-corrected chi connectivity index (χ1v) is 10.2. The quantitative estimate of drug-likeness (QED) is 0.686. The zero-order valence-corrected chi connectivity index (χ0v) is 17.8. The summed E-state index contributed by atoms with van der Waals surface area (Å²) < 4.78 is 16.0. The lowest BCUT2D eigenvalue weighted by molar-refractivity contribution is 0.0475. The molecule has 0 radical (unpaired) electrons. The number of halogens is 1. The first kappa shape index (κ1) is 21.1. The summed E-state index contributed by atoms with van der Waals surface area (Å²) >= 11 is 6.10. The topological polar surface area (TPSA) is 94.2 Å². The van der Waals surface area contributed by atoms with Gasteiger partial charge in [-0.25, -0.2) is 0 Å². The number of benzene rings is 2. The molecule has 1 atom stereocenters. The molecule has 1 N–H and O–H groups in total. The van der Waals surface area contributed by atoms with Gasteiger partial charge in [0.05, 0.1) is 48.7 Å². The Balaban J connectivity index is 1.56. The second-order valence-corrected chi connectivity index (χ2v) is 7.66. The third-order valence-corrected chi connectivity index (χ3v) is 5.66. The molecule has 0 spiro atoms. The van der Waals surface area contributed by atoms with Gasteiger partial charge in [-0.05, 0) is 31.0 Å². The van der Waals surface area contributed by atoms with E-state index >= 15 is 0 Å². The maximum atomic E-state index is 12.8. The van der Waals surface area contributed by atoms with Crippen LogP contribution in [0.5, 0.6) is 11.5 Å². The molecule has 4 rings (SSSR count). The maximum absolute atomic E-state index is 12.8. The van der Waals surface area contributed by atoms with Gasteiger partial charge in [-0.1, -0.05) is 11.6 Å². The highest BCUT2D eigenvalue weighted by Gasteiger charge is 2.38. The molecule has 0 aromatic heterocycles. The van der Waals surface area contributed by atoms with Gasteiger partial charge in [0.15, 0.2) is 0 Å². The summed E-state index contributed by atoms with van der Waals surface area (Å²) in [5, 5.41) is 3.07. The van der Waals surface area contributed by atoms with Crippen LogP contribution >= 0.6 is 11.6 Å². The third-order valence-electron chi connectivity index (χ3n) is 5.37. The Labute approximate surface area is 184 Å². The molecule has 8 nitrogen and oxygen atoms in total. The highest BCUT2D eigenvalue weighted by molar-refractivity contribution is 6.32. The van der Waals surface area contributed by atoms with Crippen molar-refractivity contribution in [3.63, 3.8) is 0 Å². The number of nitrogens with one attached hydrogen (secondary N) is 1. The number of methoxy groups -OCH3 is 2. The lowest BCUT2D eigenvalue weighted by Crippen LogP contribution is -2.36. The molecule has 0 bridgehead atoms. The standard InChI is InChI=1S/C22H21ClN2O6/c1-29-18-10-17(19(30-2)9-16(18)23)24-20(26)12-5-6-14-15(8-12)22(28)25(21(14)27)11-13-4-3-7-31-13/h5-6,8-10,13H,3-4,7,11H2,1-2H3,(H,24,26). The van der Waals surface area contributed by atoms with E-state index in [0.717, 1.165) is 12.8 Å². The van der Waals surface area contributed by atoms with Gasteiger partial charge in [-0.15, -0.1) is 0 Å². The first-order chi connectivity index (χ1) is 14.9. The summed E-state index contributed by atoms with van der Waals surface area (Å²) in [6, 6.07) is 7.52. The van der Waals surface area contributed by atoms with Crippen molar-refractivity contribution in [3.05, 3.63) is 52.0 Å². The average Bonchev–Trinajstić information content (AvgIpc) is 3.37. The molecule has 2 aliphatic heterocycles. The molecule has 1 fully saturated rings. The van der Waals surface area contributed by atoms with Crippen molar-refractivity contribution < 1.29 is 28.6 Å². The summed E-state index contributed by atoms with van der Waals surface area (Å²) in [6.07, 6.45) is 1.59. The second kappa shape index (κ2) is 8.56. The lowest BCUT2D eigenvalue weighted by Gasteiger charge is -2.17. The number of imide groups is 1. The van der Waals surface area contributed by atoms with E-state index in [4.69, 9.17) is 25.8 Å². The number of hydrogen-bond acceptors (Lipinski definition) is 6. The molecular weight excluding hydrogens is 424 g/mol. The predicted molar refractivity (Wildman–Crippen MR) is 113 cm³/mol. The summed E-state index contributed by atoms with van der Waals surface area (Å²) in [5.74, 6) is -0.530. The van der Waals surface area contributed by atoms with E-state index in [0.29, 0.717) is 28.8 Å². The molecule has 3 amide bonds. The number of rotatable bonds is 6. The van der Waals surface area contributed by atoms with Gasteiger partial charge in [-0.3, -0.25) is 19.3 Å². The normalized spacial score (nSPS) is 17.6. The lowest BCUT2D eigenvalue weighted by atomic mass is 10.1. The molecule has 2 aliphatic rings. The summed E-state index contributed by atoms with van der Waals surface area (Å²) in [7, 11) is 2.92. The van der Waals surface area contributed by atoms with Gasteiger partial charge in [0.1, 0.15) is 11.5 Å². The van der Waals surface area contributed by atoms with Crippen molar-refractivity contribution in [2.24, 2.45) is 0 Å². The van der Waals surface area contributed by atoms with Crippen molar-refractivity contribution in [2.45, 2.75) is 18.9 Å². The fourth-order valence-electron chi connectivity index (χ4n) is 3.74. The van der Waals surface area contributed by atoms with E-state index in [2.05, 4.69) is 5.32 Å². The minimum atomic E-state index is -0.469. The van der Waals surface area contributed by atoms with Gasteiger partial charge >= 0.3 is 0 Å². The Morgan fingerprint density at radius 2 is 1.87 bits per heavy atom. The van der Waals surface area contributed by atoms with E-state index in [1.54, 1.807) is 6.07 Å². The number of anilines is 1. The summed E-state index contributed by atoms with van der Waals surface area (Å²) in [5.41, 5.74) is 1.08. The highest BCUT2D eigenvalue weighted by Crippen LogP contribution is 2.36. The minimum absolute atomic E-state index is 0.141. The van der Waals surface area contributed by atoms with Crippen LogP contribution in [-0.2, 0) is 4.74 Å². The van der Waals surface area contributed by atoms with Crippen LogP contribution in [-0.4, -0.2) is 56.1 Å². The number of hydrogen-bond donors (Lipinski definition) is 1. The average molecular weight is 445 g/mol. The molecule has 31 heavy (non-hydrogen) atoms. The number of amides is 3. The number of nitrogens with zero attached hydrogens (tertiary/aromatic N) is 1. The summed E-state index contributed by atoms with van der Waals surface area (Å²) in [6.45, 7) is 0.854. The van der Waals surface area contributed by atoms with E-state index in [-0.39, 0.29) is 35.2 Å². The Hall–Kier alpha value is -3.10. The number of ether oxygens (including phenoxy) is 3. The van der Waals surface area contributed by atoms with Crippen LogP contribution in [0.3, 0.4) is 0 Å². The van der Waals surface area contributed by atoms with Crippen molar-refractivity contribution in [1.82, 2.24) is 4.90 Å². The maximum Gasteiger partial charge on any atom is 0.261 e. The third kappa shape index (κ3) is 3.96. The van der Waals surface area contributed by atoms with Crippen molar-refractivity contribution >= 4 is 35.0 Å². The van der Waals surface area contributed by atoms with E-state index < -0.39 is 11.8 Å². The Kier molecular flexibility index (Phi) is 5.84. The van der Waals surface area contributed by atoms with Gasteiger partial charge in [0.2, 0.25) is 0 Å². The van der Waals surface area contributed by atoms with E-state index in [1.165, 1.54) is 43.4 Å². The van der Waals surface area contributed by atoms with Crippen molar-refractivity contribution in [3.8, 4) is 11.5 Å². The monoisotopic (exact) mass is 444 g/mol. The van der Waals surface area contributed by atoms with Gasteiger partial charge < -0.3 is 19.5 Å². The Morgan fingerprint density at radius 3 is 2.55 bits per heavy atom. The molecule has 2 heterocycles. The highest BCUT2D eigenvalue weighted by atomic mass is 35.5. The SMILES string of the molecule is COc1cc(NC(=O)c2ccc3c(c2)C(=O)N(CC2CCCO2)C3=O)c(OC)cc1Cl. The van der Waals surface area contributed by atoms with Crippen LogP contribution in [0.25, 0.3) is 0 Å². The Bertz CT molecular complexity index is 1060. The molecular formula is C22H21ClN2O6. The molecule has 2 aromatic carbocycles. The van der Waals surface area contributed by atoms with Crippen LogP contribution < -0.4 is 14.8 Å². The number of fused-ring (bicyclic) bond motifs is 1. The van der Waals surface area contributed by atoms with Crippen LogP contribution in [0.4, 0.5) is 5.69 Å². The molecule has 9 heteroatoms. The zero-order valence-electron chi connectivity index (χ0n) is 17.1. The van der Waals surface area contributed by atoms with E-state index in [1.807, 2.05) is 0 Å². The fraction of sp³-hybridized carbons (Fsp3) is 0.318. The van der Waals surface area contributed by atoms with Crippen molar-refractivity contribution in [1.29, 1.82) is 0 Å².